The third-order valence-corrected chi connectivity index (χ3v) is 3.96. The van der Waals surface area contributed by atoms with Crippen molar-refractivity contribution in [2.75, 3.05) is 11.9 Å². The first kappa shape index (κ1) is 12.2. The smallest absolute Gasteiger partial charge is 0.173 e. The minimum absolute atomic E-state index is 0.807. The van der Waals surface area contributed by atoms with E-state index in [2.05, 4.69) is 40.3 Å². The normalized spacial score (nSPS) is 14.1. The zero-order chi connectivity index (χ0) is 13.2. The molecule has 98 valence electrons. The average molecular weight is 271 g/mol. The SMILES string of the molecule is Cc1ccccc1NC(=S)N1CCc2[nH]ccc2C1. The fraction of sp³-hybridized carbons (Fsp3) is 0.267. The Bertz CT molecular complexity index is 603. The van der Waals surface area contributed by atoms with E-state index in [9.17, 15) is 0 Å². The van der Waals surface area contributed by atoms with Crippen LogP contribution in [0.4, 0.5) is 5.69 Å². The van der Waals surface area contributed by atoms with Gasteiger partial charge in [0.25, 0.3) is 0 Å². The number of anilines is 1. The van der Waals surface area contributed by atoms with Gasteiger partial charge in [0.1, 0.15) is 0 Å². The first-order valence-electron chi connectivity index (χ1n) is 6.51. The molecule has 2 heterocycles. The van der Waals surface area contributed by atoms with Gasteiger partial charge < -0.3 is 15.2 Å². The standard InChI is InChI=1S/C15H17N3S/c1-11-4-2-3-5-13(11)17-15(19)18-9-7-14-12(10-18)6-8-16-14/h2-6,8,16H,7,9-10H2,1H3,(H,17,19). The van der Waals surface area contributed by atoms with E-state index >= 15 is 0 Å². The highest BCUT2D eigenvalue weighted by Gasteiger charge is 2.19. The van der Waals surface area contributed by atoms with Gasteiger partial charge in [0.2, 0.25) is 0 Å². The topological polar surface area (TPSA) is 31.1 Å². The molecule has 0 fully saturated rings. The van der Waals surface area contributed by atoms with Crippen LogP contribution in [0.15, 0.2) is 36.5 Å². The lowest BCUT2D eigenvalue weighted by molar-refractivity contribution is 0.398. The van der Waals surface area contributed by atoms with Crippen molar-refractivity contribution in [3.05, 3.63) is 53.3 Å². The van der Waals surface area contributed by atoms with Gasteiger partial charge in [-0.15, -0.1) is 0 Å². The summed E-state index contributed by atoms with van der Waals surface area (Å²) in [5.74, 6) is 0. The molecule has 0 atom stereocenters. The Hall–Kier alpha value is -1.81. The maximum absolute atomic E-state index is 5.52. The molecule has 0 radical (unpaired) electrons. The molecule has 3 rings (SSSR count). The highest BCUT2D eigenvalue weighted by molar-refractivity contribution is 7.80. The second-order valence-electron chi connectivity index (χ2n) is 4.90. The molecule has 1 aromatic carbocycles. The summed E-state index contributed by atoms with van der Waals surface area (Å²) >= 11 is 5.52. The van der Waals surface area contributed by atoms with Gasteiger partial charge >= 0.3 is 0 Å². The Morgan fingerprint density at radius 1 is 1.32 bits per heavy atom. The van der Waals surface area contributed by atoms with E-state index in [1.807, 2.05) is 18.3 Å². The van der Waals surface area contributed by atoms with Gasteiger partial charge in [0, 0.05) is 37.1 Å². The zero-order valence-electron chi connectivity index (χ0n) is 10.9. The minimum atomic E-state index is 0.807. The molecule has 3 nitrogen and oxygen atoms in total. The summed E-state index contributed by atoms with van der Waals surface area (Å²) in [5.41, 5.74) is 4.99. The van der Waals surface area contributed by atoms with E-state index in [0.29, 0.717) is 0 Å². The van der Waals surface area contributed by atoms with Crippen LogP contribution in [-0.2, 0) is 13.0 Å². The average Bonchev–Trinajstić information content (AvgIpc) is 2.88. The molecule has 0 bridgehead atoms. The number of H-pyrrole nitrogens is 1. The van der Waals surface area contributed by atoms with Crippen LogP contribution in [0, 0.1) is 6.92 Å². The number of hydrogen-bond donors (Lipinski definition) is 2. The van der Waals surface area contributed by atoms with Gasteiger partial charge in [0.05, 0.1) is 0 Å². The maximum Gasteiger partial charge on any atom is 0.173 e. The summed E-state index contributed by atoms with van der Waals surface area (Å²) in [6, 6.07) is 10.4. The number of aromatic amines is 1. The molecule has 0 spiro atoms. The predicted octanol–water partition coefficient (Wildman–Crippen LogP) is 3.08. The quantitative estimate of drug-likeness (QED) is 0.782. The lowest BCUT2D eigenvalue weighted by Gasteiger charge is -2.29. The molecular weight excluding hydrogens is 254 g/mol. The summed E-state index contributed by atoms with van der Waals surface area (Å²) < 4.78 is 0. The molecule has 0 saturated carbocycles. The first-order chi connectivity index (χ1) is 9.24. The molecule has 0 amide bonds. The molecule has 0 saturated heterocycles. The Kier molecular flexibility index (Phi) is 3.25. The van der Waals surface area contributed by atoms with Crippen LogP contribution in [0.2, 0.25) is 0 Å². The monoisotopic (exact) mass is 271 g/mol. The first-order valence-corrected chi connectivity index (χ1v) is 6.91. The summed E-state index contributed by atoms with van der Waals surface area (Å²) in [6.07, 6.45) is 3.03. The van der Waals surface area contributed by atoms with E-state index in [-0.39, 0.29) is 0 Å². The largest absolute Gasteiger partial charge is 0.365 e. The van der Waals surface area contributed by atoms with Gasteiger partial charge in [-0.05, 0) is 42.4 Å². The Balaban J connectivity index is 1.71. The molecule has 1 aliphatic rings. The lowest BCUT2D eigenvalue weighted by Crippen LogP contribution is -2.38. The van der Waals surface area contributed by atoms with Crippen molar-refractivity contribution in [3.8, 4) is 0 Å². The third kappa shape index (κ3) is 2.49. The third-order valence-electron chi connectivity index (χ3n) is 3.60. The second-order valence-corrected chi connectivity index (χ2v) is 5.28. The summed E-state index contributed by atoms with van der Waals surface area (Å²) in [6.45, 7) is 3.94. The number of rotatable bonds is 1. The highest BCUT2D eigenvalue weighted by Crippen LogP contribution is 2.19. The van der Waals surface area contributed by atoms with Crippen molar-refractivity contribution >= 4 is 23.0 Å². The van der Waals surface area contributed by atoms with E-state index < -0.39 is 0 Å². The summed E-state index contributed by atoms with van der Waals surface area (Å²) in [5, 5.41) is 4.16. The molecular formula is C15H17N3S. The van der Waals surface area contributed by atoms with Crippen molar-refractivity contribution in [3.63, 3.8) is 0 Å². The van der Waals surface area contributed by atoms with Gasteiger partial charge in [-0.25, -0.2) is 0 Å². The van der Waals surface area contributed by atoms with Crippen LogP contribution in [0.3, 0.4) is 0 Å². The maximum atomic E-state index is 5.52. The van der Waals surface area contributed by atoms with E-state index in [0.717, 1.165) is 30.3 Å². The number of thiocarbonyl (C=S) groups is 1. The molecule has 0 unspecified atom stereocenters. The molecule has 1 aliphatic heterocycles. The van der Waals surface area contributed by atoms with Crippen molar-refractivity contribution in [1.29, 1.82) is 0 Å². The van der Waals surface area contributed by atoms with Crippen LogP contribution < -0.4 is 5.32 Å². The number of nitrogens with zero attached hydrogens (tertiary/aromatic N) is 1. The Labute approximate surface area is 118 Å². The van der Waals surface area contributed by atoms with Gasteiger partial charge in [-0.1, -0.05) is 18.2 Å². The zero-order valence-corrected chi connectivity index (χ0v) is 11.8. The van der Waals surface area contributed by atoms with Crippen LogP contribution >= 0.6 is 12.2 Å². The highest BCUT2D eigenvalue weighted by atomic mass is 32.1. The number of benzene rings is 1. The minimum Gasteiger partial charge on any atom is -0.365 e. The molecule has 2 N–H and O–H groups in total. The van der Waals surface area contributed by atoms with E-state index in [1.54, 1.807) is 0 Å². The Morgan fingerprint density at radius 3 is 3.00 bits per heavy atom. The lowest BCUT2D eigenvalue weighted by atomic mass is 10.1. The summed E-state index contributed by atoms with van der Waals surface area (Å²) in [4.78, 5) is 5.51. The predicted molar refractivity (Wildman–Crippen MR) is 82.3 cm³/mol. The molecule has 4 heteroatoms. The molecule has 19 heavy (non-hydrogen) atoms. The van der Waals surface area contributed by atoms with Gasteiger partial charge in [-0.2, -0.15) is 0 Å². The van der Waals surface area contributed by atoms with Crippen LogP contribution in [0.5, 0.6) is 0 Å². The van der Waals surface area contributed by atoms with E-state index in [4.69, 9.17) is 12.2 Å². The molecule has 0 aliphatic carbocycles. The van der Waals surface area contributed by atoms with Gasteiger partial charge in [0.15, 0.2) is 5.11 Å². The fourth-order valence-electron chi connectivity index (χ4n) is 2.43. The van der Waals surface area contributed by atoms with Crippen LogP contribution in [-0.4, -0.2) is 21.5 Å². The van der Waals surface area contributed by atoms with E-state index in [1.165, 1.54) is 16.8 Å². The molecule has 1 aromatic heterocycles. The fourth-order valence-corrected chi connectivity index (χ4v) is 2.69. The number of aryl methyl sites for hydroxylation is 1. The number of aromatic nitrogens is 1. The number of nitrogens with one attached hydrogen (secondary N) is 2. The summed E-state index contributed by atoms with van der Waals surface area (Å²) in [7, 11) is 0. The van der Waals surface area contributed by atoms with Crippen LogP contribution in [0.25, 0.3) is 0 Å². The number of hydrogen-bond acceptors (Lipinski definition) is 1. The second kappa shape index (κ2) is 5.05. The van der Waals surface area contributed by atoms with Crippen molar-refractivity contribution < 1.29 is 0 Å². The number of para-hydroxylation sites is 1. The molecule has 2 aromatic rings. The van der Waals surface area contributed by atoms with Crippen molar-refractivity contribution in [2.24, 2.45) is 0 Å². The number of fused-ring (bicyclic) bond motifs is 1. The van der Waals surface area contributed by atoms with Crippen molar-refractivity contribution in [2.45, 2.75) is 19.9 Å². The Morgan fingerprint density at radius 2 is 2.16 bits per heavy atom. The van der Waals surface area contributed by atoms with Crippen molar-refractivity contribution in [1.82, 2.24) is 9.88 Å². The van der Waals surface area contributed by atoms with Gasteiger partial charge in [-0.3, -0.25) is 0 Å². The van der Waals surface area contributed by atoms with Crippen LogP contribution in [0.1, 0.15) is 16.8 Å².